The number of amides is 2. The van der Waals surface area contributed by atoms with E-state index in [2.05, 4.69) is 5.32 Å². The Hall–Kier alpha value is -3.02. The molecule has 0 spiro atoms. The second-order valence-electron chi connectivity index (χ2n) is 5.47. The number of benzene rings is 2. The van der Waals surface area contributed by atoms with Crippen LogP contribution in [-0.2, 0) is 0 Å². The maximum absolute atomic E-state index is 12.3. The number of nitrogens with zero attached hydrogens (tertiary/aromatic N) is 1. The van der Waals surface area contributed by atoms with Gasteiger partial charge in [0.1, 0.15) is 0 Å². The molecular formula is C18H18N2O4. The van der Waals surface area contributed by atoms with Gasteiger partial charge in [0.05, 0.1) is 12.7 Å². The molecule has 0 saturated carbocycles. The summed E-state index contributed by atoms with van der Waals surface area (Å²) in [7, 11) is 1.53. The molecule has 0 aliphatic carbocycles. The van der Waals surface area contributed by atoms with Crippen LogP contribution in [0.25, 0.3) is 0 Å². The zero-order chi connectivity index (χ0) is 17.1. The predicted molar refractivity (Wildman–Crippen MR) is 89.9 cm³/mol. The third-order valence-electron chi connectivity index (χ3n) is 3.79. The molecule has 2 aromatic carbocycles. The first-order valence-electron chi connectivity index (χ1n) is 7.61. The van der Waals surface area contributed by atoms with Crippen LogP contribution in [0.5, 0.6) is 11.5 Å². The highest BCUT2D eigenvalue weighted by Crippen LogP contribution is 2.28. The molecule has 3 rings (SSSR count). The van der Waals surface area contributed by atoms with Crippen LogP contribution in [0.3, 0.4) is 0 Å². The summed E-state index contributed by atoms with van der Waals surface area (Å²) >= 11 is 0. The van der Waals surface area contributed by atoms with Crippen molar-refractivity contribution in [1.29, 1.82) is 0 Å². The Labute approximate surface area is 140 Å². The number of nitrogens with one attached hydrogen (secondary N) is 1. The number of aryl methyl sites for hydroxylation is 1. The monoisotopic (exact) mass is 326 g/mol. The summed E-state index contributed by atoms with van der Waals surface area (Å²) in [5.41, 5.74) is 2.16. The topological polar surface area (TPSA) is 67.9 Å². The van der Waals surface area contributed by atoms with Gasteiger partial charge in [-0.25, -0.2) is 9.59 Å². The molecule has 24 heavy (non-hydrogen) atoms. The molecule has 6 nitrogen and oxygen atoms in total. The van der Waals surface area contributed by atoms with Crippen LogP contribution in [0.2, 0.25) is 0 Å². The van der Waals surface area contributed by atoms with Crippen molar-refractivity contribution in [2.75, 3.05) is 25.1 Å². The van der Waals surface area contributed by atoms with Gasteiger partial charge in [-0.05, 0) is 48.9 Å². The van der Waals surface area contributed by atoms with Crippen molar-refractivity contribution in [3.63, 3.8) is 0 Å². The van der Waals surface area contributed by atoms with Gasteiger partial charge in [-0.3, -0.25) is 4.90 Å². The third kappa shape index (κ3) is 3.17. The molecule has 0 atom stereocenters. The van der Waals surface area contributed by atoms with E-state index in [9.17, 15) is 9.59 Å². The van der Waals surface area contributed by atoms with Crippen molar-refractivity contribution < 1.29 is 19.1 Å². The summed E-state index contributed by atoms with van der Waals surface area (Å²) in [4.78, 5) is 25.6. The third-order valence-corrected chi connectivity index (χ3v) is 3.79. The van der Waals surface area contributed by atoms with Crippen LogP contribution in [0, 0.1) is 6.92 Å². The number of ether oxygens (including phenoxy) is 2. The maximum Gasteiger partial charge on any atom is 0.343 e. The molecule has 0 radical (unpaired) electrons. The smallest absolute Gasteiger partial charge is 0.343 e. The lowest BCUT2D eigenvalue weighted by Crippen LogP contribution is -2.27. The first-order chi connectivity index (χ1) is 11.6. The zero-order valence-electron chi connectivity index (χ0n) is 13.5. The van der Waals surface area contributed by atoms with Crippen molar-refractivity contribution in [3.8, 4) is 11.5 Å². The molecule has 1 heterocycles. The molecular weight excluding hydrogens is 308 g/mol. The van der Waals surface area contributed by atoms with E-state index in [0.29, 0.717) is 30.2 Å². The summed E-state index contributed by atoms with van der Waals surface area (Å²) in [6.07, 6.45) is 0. The van der Waals surface area contributed by atoms with Gasteiger partial charge in [-0.1, -0.05) is 6.07 Å². The van der Waals surface area contributed by atoms with Crippen LogP contribution in [0.4, 0.5) is 10.5 Å². The number of carbonyl (C=O) groups is 2. The van der Waals surface area contributed by atoms with Gasteiger partial charge >= 0.3 is 12.0 Å². The minimum absolute atomic E-state index is 0.130. The van der Waals surface area contributed by atoms with Gasteiger partial charge in [0.25, 0.3) is 0 Å². The first-order valence-corrected chi connectivity index (χ1v) is 7.61. The highest BCUT2D eigenvalue weighted by atomic mass is 16.6. The van der Waals surface area contributed by atoms with Gasteiger partial charge in [0, 0.05) is 18.8 Å². The summed E-state index contributed by atoms with van der Waals surface area (Å²) in [6.45, 7) is 3.17. The van der Waals surface area contributed by atoms with E-state index < -0.39 is 5.97 Å². The zero-order valence-corrected chi connectivity index (χ0v) is 13.5. The molecule has 124 valence electrons. The lowest BCUT2D eigenvalue weighted by atomic mass is 10.2. The van der Waals surface area contributed by atoms with E-state index in [1.807, 2.05) is 13.0 Å². The van der Waals surface area contributed by atoms with Crippen LogP contribution in [0.1, 0.15) is 15.9 Å². The molecule has 0 bridgehead atoms. The quantitative estimate of drug-likeness (QED) is 0.693. The average Bonchev–Trinajstić information content (AvgIpc) is 3.02. The van der Waals surface area contributed by atoms with Crippen molar-refractivity contribution in [2.45, 2.75) is 6.92 Å². The fourth-order valence-electron chi connectivity index (χ4n) is 2.51. The fraction of sp³-hybridized carbons (Fsp3) is 0.222. The second kappa shape index (κ2) is 6.62. The molecule has 1 aliphatic rings. The Morgan fingerprint density at radius 3 is 2.50 bits per heavy atom. The summed E-state index contributed by atoms with van der Waals surface area (Å²) in [5, 5.41) is 2.74. The lowest BCUT2D eigenvalue weighted by molar-refractivity contribution is 0.0729. The van der Waals surface area contributed by atoms with Crippen molar-refractivity contribution in [1.82, 2.24) is 5.32 Å². The Bertz CT molecular complexity index is 771. The highest BCUT2D eigenvalue weighted by Gasteiger charge is 2.21. The van der Waals surface area contributed by atoms with E-state index in [1.54, 1.807) is 41.3 Å². The number of hydrogen-bond acceptors (Lipinski definition) is 4. The van der Waals surface area contributed by atoms with E-state index in [0.717, 1.165) is 11.3 Å². The standard InChI is InChI=1S/C18H18N2O4/c1-12-3-8-15(16(11-12)23-2)24-17(21)13-4-6-14(7-5-13)20-10-9-19-18(20)22/h3-8,11H,9-10H2,1-2H3,(H,19,22). The van der Waals surface area contributed by atoms with Crippen molar-refractivity contribution >= 4 is 17.7 Å². The predicted octanol–water partition coefficient (Wildman–Crippen LogP) is 2.75. The molecule has 1 aliphatic heterocycles. The second-order valence-corrected chi connectivity index (χ2v) is 5.47. The van der Waals surface area contributed by atoms with E-state index in [1.165, 1.54) is 7.11 Å². The van der Waals surface area contributed by atoms with Gasteiger partial charge in [-0.2, -0.15) is 0 Å². The number of anilines is 1. The molecule has 2 aromatic rings. The molecule has 2 amide bonds. The maximum atomic E-state index is 12.3. The van der Waals surface area contributed by atoms with E-state index in [-0.39, 0.29) is 6.03 Å². The number of carbonyl (C=O) groups excluding carboxylic acids is 2. The Balaban J connectivity index is 1.75. The molecule has 6 heteroatoms. The van der Waals surface area contributed by atoms with E-state index in [4.69, 9.17) is 9.47 Å². The van der Waals surface area contributed by atoms with Crippen molar-refractivity contribution in [3.05, 3.63) is 53.6 Å². The average molecular weight is 326 g/mol. The number of methoxy groups -OCH3 is 1. The van der Waals surface area contributed by atoms with Crippen LogP contribution in [0.15, 0.2) is 42.5 Å². The normalized spacial score (nSPS) is 13.6. The van der Waals surface area contributed by atoms with Gasteiger partial charge < -0.3 is 14.8 Å². The summed E-state index contributed by atoms with van der Waals surface area (Å²) in [5.74, 6) is 0.402. The van der Waals surface area contributed by atoms with Gasteiger partial charge in [0.15, 0.2) is 11.5 Å². The summed E-state index contributed by atoms with van der Waals surface area (Å²) < 4.78 is 10.6. The largest absolute Gasteiger partial charge is 0.493 e. The van der Waals surface area contributed by atoms with Gasteiger partial charge in [0.2, 0.25) is 0 Å². The van der Waals surface area contributed by atoms with Crippen LogP contribution >= 0.6 is 0 Å². The molecule has 0 aromatic heterocycles. The summed E-state index contributed by atoms with van der Waals surface area (Å²) in [6, 6.07) is 12.0. The Kier molecular flexibility index (Phi) is 4.37. The van der Waals surface area contributed by atoms with Gasteiger partial charge in [-0.15, -0.1) is 0 Å². The first kappa shape index (κ1) is 15.9. The SMILES string of the molecule is COc1cc(C)ccc1OC(=O)c1ccc(N2CCNC2=O)cc1. The van der Waals surface area contributed by atoms with Crippen molar-refractivity contribution in [2.24, 2.45) is 0 Å². The van der Waals surface area contributed by atoms with E-state index >= 15 is 0 Å². The Morgan fingerprint density at radius 1 is 1.12 bits per heavy atom. The molecule has 1 saturated heterocycles. The molecule has 0 unspecified atom stereocenters. The number of urea groups is 1. The minimum Gasteiger partial charge on any atom is -0.493 e. The molecule has 1 fully saturated rings. The lowest BCUT2D eigenvalue weighted by Gasteiger charge is -2.14. The molecule has 1 N–H and O–H groups in total. The fourth-order valence-corrected chi connectivity index (χ4v) is 2.51. The number of esters is 1. The highest BCUT2D eigenvalue weighted by molar-refractivity contribution is 5.95. The Morgan fingerprint density at radius 2 is 1.88 bits per heavy atom. The van der Waals surface area contributed by atoms with Crippen LogP contribution in [-0.4, -0.2) is 32.2 Å². The number of rotatable bonds is 4. The van der Waals surface area contributed by atoms with Crippen LogP contribution < -0.4 is 19.7 Å². The number of hydrogen-bond donors (Lipinski definition) is 1. The minimum atomic E-state index is -0.477.